The van der Waals surface area contributed by atoms with Gasteiger partial charge in [-0.25, -0.2) is 14.1 Å². The monoisotopic (exact) mass is 340 g/mol. The number of hydrogen-bond donors (Lipinski definition) is 1. The third-order valence-electron chi connectivity index (χ3n) is 2.77. The summed E-state index contributed by atoms with van der Waals surface area (Å²) in [7, 11) is 0. The van der Waals surface area contributed by atoms with Crippen LogP contribution in [0.4, 0.5) is 4.39 Å². The Kier molecular flexibility index (Phi) is 5.25. The minimum absolute atomic E-state index is 0.241. The molecule has 0 saturated carbocycles. The van der Waals surface area contributed by atoms with Crippen LogP contribution < -0.4 is 5.32 Å². The van der Waals surface area contributed by atoms with Crippen molar-refractivity contribution in [2.75, 3.05) is 6.54 Å². The molecule has 20 heavy (non-hydrogen) atoms. The molecule has 1 N–H and O–H groups in total. The molecule has 0 aliphatic carbocycles. The van der Waals surface area contributed by atoms with Gasteiger partial charge in [-0.05, 0) is 24.6 Å². The maximum atomic E-state index is 13.7. The number of nitrogens with zero attached hydrogens (tertiary/aromatic N) is 3. The van der Waals surface area contributed by atoms with E-state index in [-0.39, 0.29) is 5.82 Å². The van der Waals surface area contributed by atoms with E-state index in [1.54, 1.807) is 17.1 Å². The highest BCUT2D eigenvalue weighted by atomic mass is 79.9. The summed E-state index contributed by atoms with van der Waals surface area (Å²) in [6.07, 6.45) is 1.63. The van der Waals surface area contributed by atoms with Gasteiger partial charge in [0.15, 0.2) is 5.82 Å². The van der Waals surface area contributed by atoms with Crippen molar-refractivity contribution in [1.29, 1.82) is 0 Å². The van der Waals surface area contributed by atoms with Crippen LogP contribution in [-0.2, 0) is 13.1 Å². The van der Waals surface area contributed by atoms with Crippen LogP contribution >= 0.6 is 15.9 Å². The lowest BCUT2D eigenvalue weighted by Crippen LogP contribution is -2.19. The summed E-state index contributed by atoms with van der Waals surface area (Å²) in [5.41, 5.74) is 0.597. The van der Waals surface area contributed by atoms with Gasteiger partial charge in [0.2, 0.25) is 0 Å². The molecule has 0 amide bonds. The van der Waals surface area contributed by atoms with Gasteiger partial charge in [0.25, 0.3) is 0 Å². The lowest BCUT2D eigenvalue weighted by atomic mass is 10.2. The lowest BCUT2D eigenvalue weighted by molar-refractivity contribution is 0.537. The van der Waals surface area contributed by atoms with Crippen LogP contribution in [0.25, 0.3) is 0 Å². The van der Waals surface area contributed by atoms with Gasteiger partial charge >= 0.3 is 0 Å². The molecule has 0 saturated heterocycles. The van der Waals surface area contributed by atoms with Gasteiger partial charge in [-0.15, -0.1) is 0 Å². The molecule has 0 atom stereocenters. The van der Waals surface area contributed by atoms with Crippen LogP contribution in [0, 0.1) is 11.7 Å². The second-order valence-electron chi connectivity index (χ2n) is 5.12. The van der Waals surface area contributed by atoms with Crippen LogP contribution in [0.15, 0.2) is 29.0 Å². The minimum Gasteiger partial charge on any atom is -0.310 e. The number of aromatic nitrogens is 3. The average molecular weight is 341 g/mol. The Bertz CT molecular complexity index is 568. The van der Waals surface area contributed by atoms with Gasteiger partial charge in [0.1, 0.15) is 12.1 Å². The van der Waals surface area contributed by atoms with E-state index in [2.05, 4.69) is 45.2 Å². The van der Waals surface area contributed by atoms with Gasteiger partial charge in [-0.3, -0.25) is 0 Å². The first-order valence-electron chi connectivity index (χ1n) is 6.57. The fourth-order valence-electron chi connectivity index (χ4n) is 1.79. The number of benzene rings is 1. The molecule has 0 radical (unpaired) electrons. The molecule has 0 bridgehead atoms. The van der Waals surface area contributed by atoms with E-state index in [0.717, 1.165) is 16.8 Å². The van der Waals surface area contributed by atoms with Crippen LogP contribution in [-0.4, -0.2) is 21.3 Å². The molecule has 1 aromatic carbocycles. The van der Waals surface area contributed by atoms with E-state index >= 15 is 0 Å². The molecule has 2 rings (SSSR count). The summed E-state index contributed by atoms with van der Waals surface area (Å²) in [4.78, 5) is 4.21. The van der Waals surface area contributed by atoms with Crippen molar-refractivity contribution in [2.45, 2.75) is 26.9 Å². The average Bonchev–Trinajstić information content (AvgIpc) is 2.80. The van der Waals surface area contributed by atoms with Gasteiger partial charge in [0, 0.05) is 10.0 Å². The molecule has 6 heteroatoms. The van der Waals surface area contributed by atoms with E-state index in [0.29, 0.717) is 24.6 Å². The lowest BCUT2D eigenvalue weighted by Gasteiger charge is -2.05. The van der Waals surface area contributed by atoms with Crippen LogP contribution in [0.2, 0.25) is 0 Å². The Hall–Kier alpha value is -1.27. The summed E-state index contributed by atoms with van der Waals surface area (Å²) >= 11 is 3.24. The zero-order chi connectivity index (χ0) is 14.5. The summed E-state index contributed by atoms with van der Waals surface area (Å²) < 4.78 is 16.1. The summed E-state index contributed by atoms with van der Waals surface area (Å²) in [5.74, 6) is 1.08. The number of hydrogen-bond acceptors (Lipinski definition) is 3. The first-order valence-corrected chi connectivity index (χ1v) is 7.37. The van der Waals surface area contributed by atoms with Gasteiger partial charge in [-0.2, -0.15) is 5.10 Å². The standard InChI is InChI=1S/C14H18BrFN4/c1-10(2)6-17-7-14-18-9-20(19-14)8-11-3-4-12(15)5-13(11)16/h3-5,9-10,17H,6-8H2,1-2H3. The molecular weight excluding hydrogens is 323 g/mol. The highest BCUT2D eigenvalue weighted by Gasteiger charge is 2.06. The fraction of sp³-hybridized carbons (Fsp3) is 0.429. The molecule has 0 aliphatic rings. The Labute approximate surface area is 126 Å². The smallest absolute Gasteiger partial charge is 0.164 e. The molecule has 0 unspecified atom stereocenters. The molecule has 4 nitrogen and oxygen atoms in total. The van der Waals surface area contributed by atoms with Crippen molar-refractivity contribution in [3.63, 3.8) is 0 Å². The quantitative estimate of drug-likeness (QED) is 0.878. The van der Waals surface area contributed by atoms with Crippen molar-refractivity contribution in [3.05, 3.63) is 46.2 Å². The fourth-order valence-corrected chi connectivity index (χ4v) is 2.12. The normalized spacial score (nSPS) is 11.2. The first-order chi connectivity index (χ1) is 9.54. The predicted octanol–water partition coefficient (Wildman–Crippen LogP) is 2.97. The third-order valence-corrected chi connectivity index (χ3v) is 3.26. The van der Waals surface area contributed by atoms with E-state index in [4.69, 9.17) is 0 Å². The molecule has 1 aromatic heterocycles. The van der Waals surface area contributed by atoms with E-state index in [9.17, 15) is 4.39 Å². The molecule has 1 heterocycles. The Morgan fingerprint density at radius 1 is 1.40 bits per heavy atom. The van der Waals surface area contributed by atoms with Crippen molar-refractivity contribution in [1.82, 2.24) is 20.1 Å². The van der Waals surface area contributed by atoms with E-state index in [1.807, 2.05) is 6.07 Å². The maximum absolute atomic E-state index is 13.7. The van der Waals surface area contributed by atoms with Crippen molar-refractivity contribution >= 4 is 15.9 Å². The predicted molar refractivity (Wildman–Crippen MR) is 79.8 cm³/mol. The third kappa shape index (κ3) is 4.38. The molecule has 108 valence electrons. The highest BCUT2D eigenvalue weighted by Crippen LogP contribution is 2.15. The van der Waals surface area contributed by atoms with Crippen LogP contribution in [0.3, 0.4) is 0 Å². The Morgan fingerprint density at radius 3 is 2.90 bits per heavy atom. The minimum atomic E-state index is -0.241. The largest absolute Gasteiger partial charge is 0.310 e. The second kappa shape index (κ2) is 6.95. The van der Waals surface area contributed by atoms with Crippen molar-refractivity contribution in [2.24, 2.45) is 5.92 Å². The van der Waals surface area contributed by atoms with E-state index in [1.165, 1.54) is 6.07 Å². The highest BCUT2D eigenvalue weighted by molar-refractivity contribution is 9.10. The molecular formula is C14H18BrFN4. The summed E-state index contributed by atoms with van der Waals surface area (Å²) in [6, 6.07) is 5.02. The summed E-state index contributed by atoms with van der Waals surface area (Å²) in [5, 5.41) is 7.61. The maximum Gasteiger partial charge on any atom is 0.164 e. The van der Waals surface area contributed by atoms with Gasteiger partial charge in [0.05, 0.1) is 13.1 Å². The van der Waals surface area contributed by atoms with Crippen LogP contribution in [0.1, 0.15) is 25.2 Å². The molecule has 0 fully saturated rings. The van der Waals surface area contributed by atoms with Crippen LogP contribution in [0.5, 0.6) is 0 Å². The van der Waals surface area contributed by atoms with Crippen molar-refractivity contribution < 1.29 is 4.39 Å². The molecule has 2 aromatic rings. The van der Waals surface area contributed by atoms with Crippen molar-refractivity contribution in [3.8, 4) is 0 Å². The zero-order valence-electron chi connectivity index (χ0n) is 11.6. The van der Waals surface area contributed by atoms with Gasteiger partial charge < -0.3 is 5.32 Å². The number of rotatable bonds is 6. The Balaban J connectivity index is 1.95. The number of halogens is 2. The second-order valence-corrected chi connectivity index (χ2v) is 6.03. The summed E-state index contributed by atoms with van der Waals surface area (Å²) in [6.45, 7) is 6.24. The number of nitrogens with one attached hydrogen (secondary N) is 1. The van der Waals surface area contributed by atoms with E-state index < -0.39 is 0 Å². The molecule has 0 aliphatic heterocycles. The zero-order valence-corrected chi connectivity index (χ0v) is 13.2. The van der Waals surface area contributed by atoms with Gasteiger partial charge in [-0.1, -0.05) is 35.8 Å². The molecule has 0 spiro atoms. The Morgan fingerprint density at radius 2 is 2.20 bits per heavy atom. The first kappa shape index (κ1) is 15.1. The topological polar surface area (TPSA) is 42.7 Å². The SMILES string of the molecule is CC(C)CNCc1ncn(Cc2ccc(Br)cc2F)n1.